The van der Waals surface area contributed by atoms with Gasteiger partial charge in [0.1, 0.15) is 0 Å². The molecule has 3 fully saturated rings. The van der Waals surface area contributed by atoms with Crippen molar-refractivity contribution in [2.75, 3.05) is 53.9 Å². The minimum absolute atomic E-state index is 0.0670. The molecule has 3 aliphatic rings. The van der Waals surface area contributed by atoms with Crippen LogP contribution in [0.5, 0.6) is 0 Å². The number of alkyl halides is 12. The van der Waals surface area contributed by atoms with Crippen LogP contribution in [0.3, 0.4) is 0 Å². The molecule has 3 N–H and O–H groups in total. The molecule has 5 aromatic rings. The summed E-state index contributed by atoms with van der Waals surface area (Å²) in [6.45, 7) is 1.56. The number of methoxy groups -OCH3 is 2. The fourth-order valence-corrected chi connectivity index (χ4v) is 7.22. The van der Waals surface area contributed by atoms with Crippen LogP contribution in [-0.4, -0.2) is 81.9 Å². The average Bonchev–Trinajstić information content (AvgIpc) is 3.78. The molecular formula is C44H37BrF12N4O9. The molecule has 1 aromatic heterocycles. The monoisotopic (exact) mass is 1070 g/mol. The van der Waals surface area contributed by atoms with Gasteiger partial charge in [0.25, 0.3) is 5.91 Å². The van der Waals surface area contributed by atoms with Crippen LogP contribution in [0.4, 0.5) is 52.7 Å². The molecule has 0 spiro atoms. The van der Waals surface area contributed by atoms with E-state index in [4.69, 9.17) is 24.5 Å². The van der Waals surface area contributed by atoms with E-state index < -0.39 is 64.8 Å². The summed E-state index contributed by atoms with van der Waals surface area (Å²) in [4.78, 5) is 33.6. The molecule has 0 atom stereocenters. The van der Waals surface area contributed by atoms with E-state index in [1.165, 1.54) is 31.4 Å². The molecule has 0 saturated carbocycles. The van der Waals surface area contributed by atoms with Crippen molar-refractivity contribution in [2.24, 2.45) is 5.84 Å². The number of rotatable bonds is 7. The molecule has 4 aromatic carbocycles. The Balaban J connectivity index is 0.000000175. The highest BCUT2D eigenvalue weighted by Crippen LogP contribution is 2.41. The third-order valence-corrected chi connectivity index (χ3v) is 11.1. The number of carbonyl (C=O) groups is 3. The average molecular weight is 1070 g/mol. The lowest BCUT2D eigenvalue weighted by atomic mass is 9.90. The van der Waals surface area contributed by atoms with Crippen molar-refractivity contribution in [2.45, 2.75) is 42.5 Å². The van der Waals surface area contributed by atoms with Gasteiger partial charge in [0, 0.05) is 33.4 Å². The maximum absolute atomic E-state index is 13.0. The lowest BCUT2D eigenvalue weighted by Crippen LogP contribution is -2.31. The maximum Gasteiger partial charge on any atom is 0.417 e. The maximum atomic E-state index is 13.0. The number of nitrogen functional groups attached to an aromatic ring is 1. The summed E-state index contributed by atoms with van der Waals surface area (Å²) in [6, 6.07) is 13.3. The Bertz CT molecular complexity index is 2530. The van der Waals surface area contributed by atoms with Crippen molar-refractivity contribution < 1.29 is 95.2 Å². The number of amides is 1. The van der Waals surface area contributed by atoms with Crippen molar-refractivity contribution in [3.8, 4) is 11.5 Å². The molecule has 13 nitrogen and oxygen atoms in total. The van der Waals surface area contributed by atoms with Gasteiger partial charge in [0.2, 0.25) is 12.3 Å². The lowest BCUT2D eigenvalue weighted by Gasteiger charge is -2.29. The quantitative estimate of drug-likeness (QED) is 0.0520. The van der Waals surface area contributed by atoms with Gasteiger partial charge in [-0.05, 0) is 89.5 Å². The highest BCUT2D eigenvalue weighted by Gasteiger charge is 2.40. The Morgan fingerprint density at radius 1 is 0.571 bits per heavy atom. The molecule has 70 heavy (non-hydrogen) atoms. The fourth-order valence-electron chi connectivity index (χ4n) is 6.61. The molecule has 8 rings (SSSR count). The van der Waals surface area contributed by atoms with Gasteiger partial charge in [-0.2, -0.15) is 52.7 Å². The number of hydrogen-bond donors (Lipinski definition) is 2. The predicted octanol–water partition coefficient (Wildman–Crippen LogP) is 10.2. The minimum atomic E-state index is -4.44. The SMILES string of the molecule is COC(=O)c1ccc(C(F)(F)F)c(Br)c1.COC(=O)c1ccc(C(F)(F)F)c(C2COC2)c1.FC(F)(F)c1ccc(-c2nnco2)cc1C1COC1.NNC(=O)c1ccc(C(F)(F)F)c(C2COC2)c1. The topological polar surface area (TPSA) is 174 Å². The van der Waals surface area contributed by atoms with E-state index in [0.29, 0.717) is 18.8 Å². The molecular weight excluding hydrogens is 1040 g/mol. The molecule has 1 amide bonds. The summed E-state index contributed by atoms with van der Waals surface area (Å²) in [7, 11) is 2.35. The molecule has 0 bridgehead atoms. The zero-order valence-corrected chi connectivity index (χ0v) is 37.6. The van der Waals surface area contributed by atoms with Crippen molar-refractivity contribution in [3.63, 3.8) is 0 Å². The zero-order chi connectivity index (χ0) is 51.8. The molecule has 0 unspecified atom stereocenters. The van der Waals surface area contributed by atoms with Crippen molar-refractivity contribution >= 4 is 33.8 Å². The van der Waals surface area contributed by atoms with Crippen molar-refractivity contribution in [1.29, 1.82) is 0 Å². The first-order valence-electron chi connectivity index (χ1n) is 20.0. The van der Waals surface area contributed by atoms with E-state index in [2.05, 4.69) is 35.6 Å². The lowest BCUT2D eigenvalue weighted by molar-refractivity contribution is -0.140. The molecule has 0 aliphatic carbocycles. The second kappa shape index (κ2) is 22.8. The Morgan fingerprint density at radius 2 is 0.943 bits per heavy atom. The molecule has 378 valence electrons. The first kappa shape index (κ1) is 54.8. The predicted molar refractivity (Wildman–Crippen MR) is 222 cm³/mol. The van der Waals surface area contributed by atoms with Crippen LogP contribution < -0.4 is 11.3 Å². The largest absolute Gasteiger partial charge is 0.465 e. The van der Waals surface area contributed by atoms with Crippen LogP contribution in [-0.2, 0) is 48.4 Å². The number of carbonyl (C=O) groups excluding carboxylic acids is 3. The number of esters is 2. The van der Waals surface area contributed by atoms with Gasteiger partial charge in [-0.3, -0.25) is 10.2 Å². The number of nitrogens with two attached hydrogens (primary N) is 1. The van der Waals surface area contributed by atoms with Gasteiger partial charge in [-0.1, -0.05) is 15.9 Å². The summed E-state index contributed by atoms with van der Waals surface area (Å²) in [5.41, 5.74) is 0.138. The highest BCUT2D eigenvalue weighted by molar-refractivity contribution is 9.10. The number of aromatic nitrogens is 2. The van der Waals surface area contributed by atoms with E-state index in [-0.39, 0.29) is 87.9 Å². The van der Waals surface area contributed by atoms with Crippen LogP contribution in [0.15, 0.2) is 88.1 Å². The van der Waals surface area contributed by atoms with Gasteiger partial charge in [0.05, 0.1) is 87.2 Å². The zero-order valence-electron chi connectivity index (χ0n) is 36.0. The first-order valence-corrected chi connectivity index (χ1v) is 20.7. The van der Waals surface area contributed by atoms with E-state index >= 15 is 0 Å². The van der Waals surface area contributed by atoms with Crippen molar-refractivity contribution in [1.82, 2.24) is 15.6 Å². The number of nitrogens with one attached hydrogen (secondary N) is 1. The number of hydrazine groups is 1. The van der Waals surface area contributed by atoms with E-state index in [1.807, 2.05) is 5.43 Å². The number of halogens is 13. The summed E-state index contributed by atoms with van der Waals surface area (Å²) in [5, 5.41) is 7.21. The first-order chi connectivity index (χ1) is 32.8. The van der Waals surface area contributed by atoms with Gasteiger partial charge >= 0.3 is 36.6 Å². The third-order valence-electron chi connectivity index (χ3n) is 10.4. The summed E-state index contributed by atoms with van der Waals surface area (Å²) >= 11 is 2.75. The Morgan fingerprint density at radius 3 is 1.29 bits per heavy atom. The smallest absolute Gasteiger partial charge is 0.417 e. The van der Waals surface area contributed by atoms with Crippen LogP contribution in [0.25, 0.3) is 11.5 Å². The summed E-state index contributed by atoms with van der Waals surface area (Å²) in [6.07, 6.45) is -16.5. The van der Waals surface area contributed by atoms with Crippen LogP contribution in [0, 0.1) is 0 Å². The molecule has 3 saturated heterocycles. The number of hydrogen-bond acceptors (Lipinski definition) is 12. The van der Waals surface area contributed by atoms with E-state index in [0.717, 1.165) is 62.0 Å². The molecule has 3 aliphatic heterocycles. The standard InChI is InChI=1S/C12H9F3N2O2.C12H11F3O3.C11H11F3N2O2.C9H6BrF3O2/c13-12(14,15)10-2-1-7(11-17-16-6-19-11)3-9(10)8-4-18-5-8;1-17-11(16)7-2-3-10(12(13,14)15)9(4-7)8-5-18-6-8;12-11(13,14)9-2-1-6(10(17)16-15)3-8(9)7-4-18-5-7;1-15-8(14)5-2-3-6(7(10)4-5)9(11,12)13/h1-3,6,8H,4-5H2;2-4,8H,5-6H2,1H3;1-3,7H,4-5,15H2,(H,16,17);2-4H,1H3. The van der Waals surface area contributed by atoms with Crippen LogP contribution in [0.2, 0.25) is 0 Å². The van der Waals surface area contributed by atoms with Gasteiger partial charge < -0.3 is 28.1 Å². The molecule has 4 heterocycles. The summed E-state index contributed by atoms with van der Waals surface area (Å²) < 4.78 is 181. The van der Waals surface area contributed by atoms with E-state index in [9.17, 15) is 67.1 Å². The van der Waals surface area contributed by atoms with Gasteiger partial charge in [-0.25, -0.2) is 15.4 Å². The second-order valence-electron chi connectivity index (χ2n) is 15.0. The second-order valence-corrected chi connectivity index (χ2v) is 15.8. The third kappa shape index (κ3) is 13.8. The Hall–Kier alpha value is -6.09. The van der Waals surface area contributed by atoms with Gasteiger partial charge in [-0.15, -0.1) is 10.2 Å². The van der Waals surface area contributed by atoms with Crippen LogP contribution in [0.1, 0.15) is 87.8 Å². The number of ether oxygens (including phenoxy) is 5. The normalized spacial score (nSPS) is 15.2. The molecule has 0 radical (unpaired) electrons. The van der Waals surface area contributed by atoms with E-state index in [1.54, 1.807) is 0 Å². The number of nitrogens with zero attached hydrogens (tertiary/aromatic N) is 2. The molecule has 26 heteroatoms. The Labute approximate surface area is 396 Å². The van der Waals surface area contributed by atoms with Gasteiger partial charge in [0.15, 0.2) is 0 Å². The summed E-state index contributed by atoms with van der Waals surface area (Å²) in [5.74, 6) is 2.34. The van der Waals surface area contributed by atoms with Crippen molar-refractivity contribution in [3.05, 3.63) is 139 Å². The highest BCUT2D eigenvalue weighted by atomic mass is 79.9. The number of benzene rings is 4. The van der Waals surface area contributed by atoms with Crippen LogP contribution >= 0.6 is 15.9 Å². The minimum Gasteiger partial charge on any atom is -0.465 e. The Kier molecular flexibility index (Phi) is 17.8. The fraction of sp³-hybridized carbons (Fsp3) is 0.341.